The van der Waals surface area contributed by atoms with Gasteiger partial charge in [0.25, 0.3) is 5.91 Å². The molecule has 0 fully saturated rings. The van der Waals surface area contributed by atoms with Gasteiger partial charge in [0.15, 0.2) is 0 Å². The van der Waals surface area contributed by atoms with E-state index in [4.69, 9.17) is 0 Å². The van der Waals surface area contributed by atoms with Crippen molar-refractivity contribution in [3.63, 3.8) is 0 Å². The molecule has 0 radical (unpaired) electrons. The van der Waals surface area contributed by atoms with Crippen molar-refractivity contribution in [1.29, 1.82) is 0 Å². The van der Waals surface area contributed by atoms with Crippen LogP contribution in [0.3, 0.4) is 0 Å². The van der Waals surface area contributed by atoms with Gasteiger partial charge in [0, 0.05) is 17.4 Å². The molecule has 1 amide bonds. The maximum atomic E-state index is 13.1. The molecule has 0 atom stereocenters. The molecule has 0 aliphatic rings. The molecule has 0 aliphatic carbocycles. The number of nitrogens with one attached hydrogen (secondary N) is 1. The van der Waals surface area contributed by atoms with Gasteiger partial charge >= 0.3 is 5.97 Å². The van der Waals surface area contributed by atoms with Crippen LogP contribution in [0.5, 0.6) is 0 Å². The van der Waals surface area contributed by atoms with Gasteiger partial charge in [-0.1, -0.05) is 6.42 Å². The maximum absolute atomic E-state index is 13.1. The van der Waals surface area contributed by atoms with E-state index in [0.717, 1.165) is 19.3 Å². The number of amides is 1. The zero-order valence-electron chi connectivity index (χ0n) is 11.2. The van der Waals surface area contributed by atoms with Gasteiger partial charge in [-0.05, 0) is 47.0 Å². The Hall–Kier alpha value is -1.43. The van der Waals surface area contributed by atoms with Crippen molar-refractivity contribution < 1.29 is 18.7 Å². The highest BCUT2D eigenvalue weighted by Crippen LogP contribution is 2.17. The molecule has 4 nitrogen and oxygen atoms in total. The summed E-state index contributed by atoms with van der Waals surface area (Å²) >= 11 is 3.21. The molecule has 0 aliphatic heterocycles. The molecule has 6 heteroatoms. The van der Waals surface area contributed by atoms with Crippen molar-refractivity contribution in [2.45, 2.75) is 25.7 Å². The average Bonchev–Trinajstić information content (AvgIpc) is 2.44. The molecule has 0 bridgehead atoms. The molecule has 0 spiro atoms. The lowest BCUT2D eigenvalue weighted by atomic mass is 10.2. The highest BCUT2D eigenvalue weighted by Gasteiger charge is 2.10. The van der Waals surface area contributed by atoms with E-state index in [1.54, 1.807) is 0 Å². The minimum Gasteiger partial charge on any atom is -0.469 e. The molecule has 0 saturated heterocycles. The second-order valence-corrected chi connectivity index (χ2v) is 5.12. The molecule has 110 valence electrons. The van der Waals surface area contributed by atoms with E-state index in [0.29, 0.717) is 17.4 Å². The van der Waals surface area contributed by atoms with Crippen LogP contribution in [0.4, 0.5) is 4.39 Å². The van der Waals surface area contributed by atoms with E-state index < -0.39 is 5.82 Å². The van der Waals surface area contributed by atoms with Crippen LogP contribution in [0, 0.1) is 5.82 Å². The Morgan fingerprint density at radius 2 is 2.05 bits per heavy atom. The fourth-order valence-corrected chi connectivity index (χ4v) is 2.07. The van der Waals surface area contributed by atoms with E-state index in [1.165, 1.54) is 25.3 Å². The van der Waals surface area contributed by atoms with Crippen LogP contribution in [-0.2, 0) is 9.53 Å². The monoisotopic (exact) mass is 345 g/mol. The standard InChI is InChI=1S/C14H17BrFNO3/c1-20-13(18)5-3-2-4-8-17-14(19)11-9-10(16)6-7-12(11)15/h6-7,9H,2-5,8H2,1H3,(H,17,19). The number of hydrogen-bond donors (Lipinski definition) is 1. The van der Waals surface area contributed by atoms with Crippen molar-refractivity contribution in [1.82, 2.24) is 5.32 Å². The number of halogens is 2. The lowest BCUT2D eigenvalue weighted by Crippen LogP contribution is -2.24. The van der Waals surface area contributed by atoms with Gasteiger partial charge in [-0.15, -0.1) is 0 Å². The molecular weight excluding hydrogens is 329 g/mol. The third kappa shape index (κ3) is 5.69. The van der Waals surface area contributed by atoms with Gasteiger partial charge in [0.1, 0.15) is 5.82 Å². The highest BCUT2D eigenvalue weighted by molar-refractivity contribution is 9.10. The number of carbonyl (C=O) groups excluding carboxylic acids is 2. The second kappa shape index (κ2) is 8.68. The third-order valence-corrected chi connectivity index (χ3v) is 3.44. The molecule has 0 aromatic heterocycles. The Bertz CT molecular complexity index is 479. The predicted molar refractivity (Wildman–Crippen MR) is 76.9 cm³/mol. The summed E-state index contributed by atoms with van der Waals surface area (Å²) in [6.07, 6.45) is 2.70. The van der Waals surface area contributed by atoms with Crippen LogP contribution in [0.1, 0.15) is 36.0 Å². The molecule has 0 unspecified atom stereocenters. The summed E-state index contributed by atoms with van der Waals surface area (Å²) in [5.74, 6) is -0.988. The number of carbonyl (C=O) groups is 2. The Labute approximate surface area is 125 Å². The van der Waals surface area contributed by atoms with Gasteiger partial charge in [0.05, 0.1) is 12.7 Å². The lowest BCUT2D eigenvalue weighted by molar-refractivity contribution is -0.140. The first-order valence-electron chi connectivity index (χ1n) is 6.34. The molecule has 20 heavy (non-hydrogen) atoms. The molecule has 1 aromatic carbocycles. The maximum Gasteiger partial charge on any atom is 0.305 e. The quantitative estimate of drug-likeness (QED) is 0.610. The minimum atomic E-state index is -0.448. The zero-order chi connectivity index (χ0) is 15.0. The Morgan fingerprint density at radius 3 is 2.75 bits per heavy atom. The first kappa shape index (κ1) is 16.6. The Balaban J connectivity index is 2.27. The van der Waals surface area contributed by atoms with Gasteiger partial charge in [0.2, 0.25) is 0 Å². The van der Waals surface area contributed by atoms with Crippen LogP contribution in [0.2, 0.25) is 0 Å². The lowest BCUT2D eigenvalue weighted by Gasteiger charge is -2.07. The van der Waals surface area contributed by atoms with Gasteiger partial charge < -0.3 is 10.1 Å². The Kier molecular flexibility index (Phi) is 7.22. The van der Waals surface area contributed by atoms with Crippen molar-refractivity contribution in [3.05, 3.63) is 34.1 Å². The molecule has 0 saturated carbocycles. The first-order chi connectivity index (χ1) is 9.54. The first-order valence-corrected chi connectivity index (χ1v) is 7.14. The van der Waals surface area contributed by atoms with E-state index >= 15 is 0 Å². The SMILES string of the molecule is COC(=O)CCCCCNC(=O)c1cc(F)ccc1Br. The molecule has 0 heterocycles. The molecular formula is C14H17BrFNO3. The summed E-state index contributed by atoms with van der Waals surface area (Å²) in [6.45, 7) is 0.489. The van der Waals surface area contributed by atoms with Crippen molar-refractivity contribution in [3.8, 4) is 0 Å². The van der Waals surface area contributed by atoms with E-state index in [1.807, 2.05) is 0 Å². The smallest absolute Gasteiger partial charge is 0.305 e. The normalized spacial score (nSPS) is 10.2. The van der Waals surface area contributed by atoms with Crippen molar-refractivity contribution in [2.75, 3.05) is 13.7 Å². The number of hydrogen-bond acceptors (Lipinski definition) is 3. The fourth-order valence-electron chi connectivity index (χ4n) is 1.64. The predicted octanol–water partition coefficient (Wildman–Crippen LogP) is 3.05. The van der Waals surface area contributed by atoms with Gasteiger partial charge in [-0.3, -0.25) is 9.59 Å². The summed E-state index contributed by atoms with van der Waals surface area (Å²) in [5, 5.41) is 2.72. The van der Waals surface area contributed by atoms with Crippen LogP contribution >= 0.6 is 15.9 Å². The molecule has 1 N–H and O–H groups in total. The number of rotatable bonds is 7. The average molecular weight is 346 g/mol. The van der Waals surface area contributed by atoms with Crippen molar-refractivity contribution in [2.24, 2.45) is 0 Å². The summed E-state index contributed by atoms with van der Waals surface area (Å²) in [7, 11) is 1.36. The Morgan fingerprint density at radius 1 is 1.30 bits per heavy atom. The fraction of sp³-hybridized carbons (Fsp3) is 0.429. The molecule has 1 rings (SSSR count). The van der Waals surface area contributed by atoms with E-state index in [9.17, 15) is 14.0 Å². The number of esters is 1. The third-order valence-electron chi connectivity index (χ3n) is 2.74. The van der Waals surface area contributed by atoms with E-state index in [2.05, 4.69) is 26.0 Å². The summed E-state index contributed by atoms with van der Waals surface area (Å²) in [5.41, 5.74) is 0.277. The number of ether oxygens (including phenoxy) is 1. The second-order valence-electron chi connectivity index (χ2n) is 4.27. The van der Waals surface area contributed by atoms with E-state index in [-0.39, 0.29) is 17.4 Å². The highest BCUT2D eigenvalue weighted by atomic mass is 79.9. The topological polar surface area (TPSA) is 55.4 Å². The summed E-state index contributed by atoms with van der Waals surface area (Å²) in [6, 6.07) is 3.98. The minimum absolute atomic E-state index is 0.224. The molecule has 1 aromatic rings. The summed E-state index contributed by atoms with van der Waals surface area (Å²) in [4.78, 5) is 22.7. The number of methoxy groups -OCH3 is 1. The number of benzene rings is 1. The van der Waals surface area contributed by atoms with Crippen LogP contribution in [0.15, 0.2) is 22.7 Å². The largest absolute Gasteiger partial charge is 0.469 e. The summed E-state index contributed by atoms with van der Waals surface area (Å²) < 4.78 is 18.1. The van der Waals surface area contributed by atoms with Gasteiger partial charge in [-0.25, -0.2) is 4.39 Å². The van der Waals surface area contributed by atoms with Crippen molar-refractivity contribution >= 4 is 27.8 Å². The number of unbranched alkanes of at least 4 members (excludes halogenated alkanes) is 2. The van der Waals surface area contributed by atoms with Crippen LogP contribution in [0.25, 0.3) is 0 Å². The zero-order valence-corrected chi connectivity index (χ0v) is 12.8. The van der Waals surface area contributed by atoms with Crippen LogP contribution < -0.4 is 5.32 Å². The van der Waals surface area contributed by atoms with Crippen LogP contribution in [-0.4, -0.2) is 25.5 Å². The van der Waals surface area contributed by atoms with Gasteiger partial charge in [-0.2, -0.15) is 0 Å².